The number of carboxylic acid groups (broad SMARTS) is 1. The van der Waals surface area contributed by atoms with Crippen molar-refractivity contribution >= 4 is 28.9 Å². The molecule has 0 fully saturated rings. The normalized spacial score (nSPS) is 10.5. The number of halogens is 1. The van der Waals surface area contributed by atoms with Crippen LogP contribution in [0.4, 0.5) is 0 Å². The average Bonchev–Trinajstić information content (AvgIpc) is 2.77. The summed E-state index contributed by atoms with van der Waals surface area (Å²) in [6.45, 7) is 1.20. The van der Waals surface area contributed by atoms with Gasteiger partial charge in [0.1, 0.15) is 4.88 Å². The van der Waals surface area contributed by atoms with Crippen LogP contribution in [0.25, 0.3) is 0 Å². The lowest BCUT2D eigenvalue weighted by molar-refractivity contribution is 0.0701. The molecule has 0 aliphatic carbocycles. The molecule has 2 rings (SSSR count). The molecule has 94 valence electrons. The van der Waals surface area contributed by atoms with Crippen molar-refractivity contribution in [1.82, 2.24) is 5.32 Å². The van der Waals surface area contributed by atoms with E-state index in [2.05, 4.69) is 5.32 Å². The van der Waals surface area contributed by atoms with E-state index in [4.69, 9.17) is 16.7 Å². The second kappa shape index (κ2) is 6.00. The van der Waals surface area contributed by atoms with Crippen molar-refractivity contribution < 1.29 is 9.90 Å². The number of hydrogen-bond acceptors (Lipinski definition) is 3. The fourth-order valence-corrected chi connectivity index (χ4v) is 2.62. The van der Waals surface area contributed by atoms with Crippen LogP contribution in [0.1, 0.15) is 20.8 Å². The number of carbonyl (C=O) groups is 1. The third-order valence-electron chi connectivity index (χ3n) is 2.47. The van der Waals surface area contributed by atoms with Crippen molar-refractivity contribution in [3.63, 3.8) is 0 Å². The molecule has 0 bridgehead atoms. The number of carboxylic acids is 1. The minimum atomic E-state index is -0.871. The summed E-state index contributed by atoms with van der Waals surface area (Å²) >= 11 is 7.13. The first-order valence-corrected chi connectivity index (χ1v) is 6.67. The Labute approximate surface area is 114 Å². The van der Waals surface area contributed by atoms with Crippen molar-refractivity contribution in [3.05, 3.63) is 56.7 Å². The molecule has 0 unspecified atom stereocenters. The Kier molecular flexibility index (Phi) is 4.36. The van der Waals surface area contributed by atoms with Gasteiger partial charge in [0.15, 0.2) is 0 Å². The van der Waals surface area contributed by atoms with Gasteiger partial charge < -0.3 is 10.4 Å². The predicted molar refractivity (Wildman–Crippen MR) is 73.3 cm³/mol. The maximum atomic E-state index is 10.9. The first kappa shape index (κ1) is 13.1. The molecule has 1 aromatic carbocycles. The summed E-state index contributed by atoms with van der Waals surface area (Å²) in [6.07, 6.45) is 0. The second-order valence-corrected chi connectivity index (χ2v) is 5.17. The number of aromatic carboxylic acids is 1. The topological polar surface area (TPSA) is 49.3 Å². The lowest BCUT2D eigenvalue weighted by Gasteiger charge is -2.05. The van der Waals surface area contributed by atoms with E-state index in [0.717, 1.165) is 11.1 Å². The molecule has 2 N–H and O–H groups in total. The van der Waals surface area contributed by atoms with Crippen LogP contribution in [0.5, 0.6) is 0 Å². The molecule has 2 aromatic rings. The van der Waals surface area contributed by atoms with Gasteiger partial charge in [0.2, 0.25) is 0 Å². The van der Waals surface area contributed by atoms with Gasteiger partial charge in [-0.1, -0.05) is 23.7 Å². The second-order valence-electron chi connectivity index (χ2n) is 3.81. The molecular formula is C13H12ClNO2S. The minimum Gasteiger partial charge on any atom is -0.477 e. The fourth-order valence-electron chi connectivity index (χ4n) is 1.65. The Hall–Kier alpha value is -1.36. The molecule has 1 aromatic heterocycles. The quantitative estimate of drug-likeness (QED) is 0.883. The van der Waals surface area contributed by atoms with Gasteiger partial charge in [0.05, 0.1) is 0 Å². The molecule has 1 heterocycles. The summed E-state index contributed by atoms with van der Waals surface area (Å²) in [7, 11) is 0. The van der Waals surface area contributed by atoms with E-state index in [1.165, 1.54) is 11.3 Å². The SMILES string of the molecule is O=C(O)c1sccc1CNCc1cccc(Cl)c1. The smallest absolute Gasteiger partial charge is 0.346 e. The summed E-state index contributed by atoms with van der Waals surface area (Å²) in [6, 6.07) is 9.42. The highest BCUT2D eigenvalue weighted by Gasteiger charge is 2.10. The number of rotatable bonds is 5. The molecule has 0 atom stereocenters. The van der Waals surface area contributed by atoms with E-state index in [1.807, 2.05) is 30.3 Å². The van der Waals surface area contributed by atoms with Crippen molar-refractivity contribution in [3.8, 4) is 0 Å². The van der Waals surface area contributed by atoms with Crippen LogP contribution in [0, 0.1) is 0 Å². The molecule has 0 radical (unpaired) electrons. The minimum absolute atomic E-state index is 0.397. The number of benzene rings is 1. The highest BCUT2D eigenvalue weighted by atomic mass is 35.5. The van der Waals surface area contributed by atoms with Crippen LogP contribution < -0.4 is 5.32 Å². The first-order valence-electron chi connectivity index (χ1n) is 5.41. The molecule has 0 aliphatic rings. The molecule has 0 amide bonds. The van der Waals surface area contributed by atoms with E-state index >= 15 is 0 Å². The molecule has 5 heteroatoms. The molecule has 0 saturated carbocycles. The van der Waals surface area contributed by atoms with Crippen molar-refractivity contribution in [2.75, 3.05) is 0 Å². The van der Waals surface area contributed by atoms with Gasteiger partial charge in [-0.15, -0.1) is 11.3 Å². The standard InChI is InChI=1S/C13H12ClNO2S/c14-11-3-1-2-9(6-11)7-15-8-10-4-5-18-12(10)13(16)17/h1-6,15H,7-8H2,(H,16,17). The lowest BCUT2D eigenvalue weighted by atomic mass is 10.2. The van der Waals surface area contributed by atoms with Gasteiger partial charge >= 0.3 is 5.97 Å². The summed E-state index contributed by atoms with van der Waals surface area (Å²) in [5, 5.41) is 14.7. The van der Waals surface area contributed by atoms with Crippen molar-refractivity contribution in [2.45, 2.75) is 13.1 Å². The molecule has 3 nitrogen and oxygen atoms in total. The van der Waals surface area contributed by atoms with Gasteiger partial charge in [-0.25, -0.2) is 4.79 Å². The van der Waals surface area contributed by atoms with Crippen molar-refractivity contribution in [2.24, 2.45) is 0 Å². The average molecular weight is 282 g/mol. The van der Waals surface area contributed by atoms with Gasteiger partial charge in [0, 0.05) is 18.1 Å². The van der Waals surface area contributed by atoms with E-state index < -0.39 is 5.97 Å². The zero-order valence-corrected chi connectivity index (χ0v) is 11.1. The van der Waals surface area contributed by atoms with Crippen LogP contribution in [-0.2, 0) is 13.1 Å². The fraction of sp³-hybridized carbons (Fsp3) is 0.154. The predicted octanol–water partition coefficient (Wildman–Crippen LogP) is 3.39. The molecule has 18 heavy (non-hydrogen) atoms. The number of hydrogen-bond donors (Lipinski definition) is 2. The van der Waals surface area contributed by atoms with E-state index in [-0.39, 0.29) is 0 Å². The number of nitrogens with one attached hydrogen (secondary N) is 1. The van der Waals surface area contributed by atoms with Crippen LogP contribution in [0.15, 0.2) is 35.7 Å². The molecule has 0 saturated heterocycles. The lowest BCUT2D eigenvalue weighted by Crippen LogP contribution is -2.14. The summed E-state index contributed by atoms with van der Waals surface area (Å²) in [4.78, 5) is 11.3. The van der Waals surface area contributed by atoms with Crippen LogP contribution in [0.3, 0.4) is 0 Å². The summed E-state index contributed by atoms with van der Waals surface area (Å²) in [5.74, 6) is -0.871. The van der Waals surface area contributed by atoms with Gasteiger partial charge in [-0.2, -0.15) is 0 Å². The van der Waals surface area contributed by atoms with Gasteiger partial charge in [0.25, 0.3) is 0 Å². The third-order valence-corrected chi connectivity index (χ3v) is 3.65. The Bertz CT molecular complexity index is 553. The Morgan fingerprint density at radius 2 is 2.17 bits per heavy atom. The zero-order valence-electron chi connectivity index (χ0n) is 9.52. The van der Waals surface area contributed by atoms with Gasteiger partial charge in [-0.05, 0) is 34.7 Å². The Morgan fingerprint density at radius 1 is 1.33 bits per heavy atom. The van der Waals surface area contributed by atoms with E-state index in [1.54, 1.807) is 5.38 Å². The monoisotopic (exact) mass is 281 g/mol. The van der Waals surface area contributed by atoms with Crippen molar-refractivity contribution in [1.29, 1.82) is 0 Å². The number of thiophene rings is 1. The Morgan fingerprint density at radius 3 is 2.89 bits per heavy atom. The highest BCUT2D eigenvalue weighted by Crippen LogP contribution is 2.17. The third kappa shape index (κ3) is 3.32. The van der Waals surface area contributed by atoms with Crippen LogP contribution in [-0.4, -0.2) is 11.1 Å². The molecule has 0 spiro atoms. The molecular weight excluding hydrogens is 270 g/mol. The largest absolute Gasteiger partial charge is 0.477 e. The van der Waals surface area contributed by atoms with E-state index in [9.17, 15) is 4.79 Å². The van der Waals surface area contributed by atoms with Crippen LogP contribution >= 0.6 is 22.9 Å². The Balaban J connectivity index is 1.92. The maximum Gasteiger partial charge on any atom is 0.346 e. The zero-order chi connectivity index (χ0) is 13.0. The van der Waals surface area contributed by atoms with Gasteiger partial charge in [-0.3, -0.25) is 0 Å². The maximum absolute atomic E-state index is 10.9. The van der Waals surface area contributed by atoms with E-state index in [0.29, 0.717) is 23.0 Å². The summed E-state index contributed by atoms with van der Waals surface area (Å²) < 4.78 is 0. The summed E-state index contributed by atoms with van der Waals surface area (Å²) in [5.41, 5.74) is 1.89. The van der Waals surface area contributed by atoms with Crippen LogP contribution in [0.2, 0.25) is 5.02 Å². The highest BCUT2D eigenvalue weighted by molar-refractivity contribution is 7.12. The first-order chi connectivity index (χ1) is 8.66. The molecule has 0 aliphatic heterocycles.